The zero-order valence-electron chi connectivity index (χ0n) is 11.6. The Kier molecular flexibility index (Phi) is 5.39. The highest BCUT2D eigenvalue weighted by atomic mass is 16.2. The second kappa shape index (κ2) is 7.51. The summed E-state index contributed by atoms with van der Waals surface area (Å²) in [6.45, 7) is 1.95. The molecular weight excluding hydrogens is 252 g/mol. The number of nitrogens with zero attached hydrogens (tertiary/aromatic N) is 2. The first-order valence-electron chi connectivity index (χ1n) is 7.00. The minimum Gasteiger partial charge on any atom is -0.325 e. The number of hydrogen-bond acceptors (Lipinski definition) is 3. The van der Waals surface area contributed by atoms with Crippen molar-refractivity contribution in [2.45, 2.75) is 25.7 Å². The van der Waals surface area contributed by atoms with Crippen LogP contribution in [0.1, 0.15) is 31.2 Å². The van der Waals surface area contributed by atoms with E-state index in [1.165, 1.54) is 12.8 Å². The summed E-state index contributed by atoms with van der Waals surface area (Å²) in [7, 11) is 0. The van der Waals surface area contributed by atoms with E-state index >= 15 is 0 Å². The van der Waals surface area contributed by atoms with Gasteiger partial charge in [-0.3, -0.25) is 5.32 Å². The van der Waals surface area contributed by atoms with Crippen LogP contribution in [-0.2, 0) is 0 Å². The first-order chi connectivity index (χ1) is 9.79. The van der Waals surface area contributed by atoms with Gasteiger partial charge in [0.05, 0.1) is 6.54 Å². The van der Waals surface area contributed by atoms with Crippen LogP contribution in [0.2, 0.25) is 0 Å². The Balaban J connectivity index is 1.99. The predicted molar refractivity (Wildman–Crippen MR) is 79.2 cm³/mol. The van der Waals surface area contributed by atoms with Gasteiger partial charge in [0.2, 0.25) is 0 Å². The number of amides is 2. The molecule has 1 aromatic rings. The van der Waals surface area contributed by atoms with Gasteiger partial charge >= 0.3 is 6.03 Å². The summed E-state index contributed by atoms with van der Waals surface area (Å²) in [6.07, 6.45) is 6.18. The highest BCUT2D eigenvalue weighted by Crippen LogP contribution is 2.12. The van der Waals surface area contributed by atoms with Crippen molar-refractivity contribution in [2.75, 3.05) is 25.0 Å². The summed E-state index contributed by atoms with van der Waals surface area (Å²) in [4.78, 5) is 18.2. The quantitative estimate of drug-likeness (QED) is 0.766. The van der Waals surface area contributed by atoms with Gasteiger partial charge in [0, 0.05) is 24.8 Å². The maximum absolute atomic E-state index is 12.2. The summed E-state index contributed by atoms with van der Waals surface area (Å²) < 4.78 is 0. The van der Waals surface area contributed by atoms with E-state index in [2.05, 4.69) is 22.1 Å². The van der Waals surface area contributed by atoms with Gasteiger partial charge in [0.1, 0.15) is 5.82 Å². The summed E-state index contributed by atoms with van der Waals surface area (Å²) in [6, 6.07) is 3.48. The topological polar surface area (TPSA) is 71.2 Å². The third-order valence-corrected chi connectivity index (χ3v) is 3.22. The third-order valence-electron chi connectivity index (χ3n) is 3.22. The lowest BCUT2D eigenvalue weighted by molar-refractivity contribution is 0.213. The number of rotatable bonds is 1. The molecule has 0 radical (unpaired) electrons. The van der Waals surface area contributed by atoms with Gasteiger partial charge in [-0.1, -0.05) is 24.7 Å². The standard InChI is InChI=1S/C15H20N4O/c16-8-5-6-13-7-9-17-14(12-13)18-15(20)19-10-3-1-2-4-11-19/h7,9,12H,1-4,8,10-11,16H2,(H,17,18,20). The highest BCUT2D eigenvalue weighted by Gasteiger charge is 2.15. The van der Waals surface area contributed by atoms with Gasteiger partial charge in [-0.2, -0.15) is 0 Å². The van der Waals surface area contributed by atoms with Crippen molar-refractivity contribution in [3.05, 3.63) is 23.9 Å². The molecule has 20 heavy (non-hydrogen) atoms. The van der Waals surface area contributed by atoms with Gasteiger partial charge in [-0.15, -0.1) is 0 Å². The summed E-state index contributed by atoms with van der Waals surface area (Å²) in [5, 5.41) is 2.83. The molecule has 1 aliphatic heterocycles. The van der Waals surface area contributed by atoms with Crippen LogP contribution in [0.15, 0.2) is 18.3 Å². The maximum atomic E-state index is 12.2. The van der Waals surface area contributed by atoms with Crippen molar-refractivity contribution in [1.29, 1.82) is 0 Å². The van der Waals surface area contributed by atoms with Crippen LogP contribution < -0.4 is 11.1 Å². The molecule has 1 fully saturated rings. The lowest BCUT2D eigenvalue weighted by Gasteiger charge is -2.20. The average molecular weight is 272 g/mol. The smallest absolute Gasteiger partial charge is 0.323 e. The lowest BCUT2D eigenvalue weighted by Crippen LogP contribution is -2.35. The number of aromatic nitrogens is 1. The van der Waals surface area contributed by atoms with E-state index in [1.54, 1.807) is 18.3 Å². The Bertz CT molecular complexity index is 510. The Morgan fingerprint density at radius 3 is 2.80 bits per heavy atom. The van der Waals surface area contributed by atoms with E-state index in [9.17, 15) is 4.79 Å². The van der Waals surface area contributed by atoms with Gasteiger partial charge < -0.3 is 10.6 Å². The van der Waals surface area contributed by atoms with E-state index in [-0.39, 0.29) is 6.03 Å². The molecular formula is C15H20N4O. The van der Waals surface area contributed by atoms with Crippen LogP contribution in [0.25, 0.3) is 0 Å². The largest absolute Gasteiger partial charge is 0.325 e. The molecule has 1 aliphatic rings. The van der Waals surface area contributed by atoms with Crippen molar-refractivity contribution in [3.63, 3.8) is 0 Å². The van der Waals surface area contributed by atoms with Crippen molar-refractivity contribution in [3.8, 4) is 11.8 Å². The minimum atomic E-state index is -0.0802. The van der Waals surface area contributed by atoms with Crippen molar-refractivity contribution < 1.29 is 4.79 Å². The van der Waals surface area contributed by atoms with Crippen LogP contribution in [0.3, 0.4) is 0 Å². The molecule has 2 amide bonds. The second-order valence-electron chi connectivity index (χ2n) is 4.77. The summed E-state index contributed by atoms with van der Waals surface area (Å²) in [5.41, 5.74) is 6.14. The number of hydrogen-bond donors (Lipinski definition) is 2. The Labute approximate surface area is 119 Å². The number of anilines is 1. The highest BCUT2D eigenvalue weighted by molar-refractivity contribution is 5.88. The summed E-state index contributed by atoms with van der Waals surface area (Å²) >= 11 is 0. The van der Waals surface area contributed by atoms with Crippen LogP contribution in [0.4, 0.5) is 10.6 Å². The van der Waals surface area contributed by atoms with Crippen LogP contribution in [0, 0.1) is 11.8 Å². The molecule has 0 unspecified atom stereocenters. The van der Waals surface area contributed by atoms with Gasteiger partial charge in [0.15, 0.2) is 0 Å². The van der Waals surface area contributed by atoms with E-state index < -0.39 is 0 Å². The van der Waals surface area contributed by atoms with Crippen LogP contribution >= 0.6 is 0 Å². The number of carbonyl (C=O) groups is 1. The number of nitrogens with one attached hydrogen (secondary N) is 1. The average Bonchev–Trinajstić information content (AvgIpc) is 2.74. The molecule has 2 heterocycles. The maximum Gasteiger partial charge on any atom is 0.323 e. The molecule has 0 bridgehead atoms. The molecule has 1 saturated heterocycles. The third kappa shape index (κ3) is 4.25. The molecule has 0 atom stereocenters. The number of nitrogens with two attached hydrogens (primary N) is 1. The lowest BCUT2D eigenvalue weighted by atomic mass is 10.2. The molecule has 3 N–H and O–H groups in total. The Hall–Kier alpha value is -2.06. The molecule has 0 aliphatic carbocycles. The van der Waals surface area contributed by atoms with Gasteiger partial charge in [-0.05, 0) is 25.0 Å². The molecule has 5 nitrogen and oxygen atoms in total. The number of likely N-dealkylation sites (tertiary alicyclic amines) is 1. The monoisotopic (exact) mass is 272 g/mol. The molecule has 106 valence electrons. The molecule has 0 aromatic carbocycles. The van der Waals surface area contributed by atoms with Gasteiger partial charge in [0.25, 0.3) is 0 Å². The van der Waals surface area contributed by atoms with E-state index in [0.29, 0.717) is 12.4 Å². The summed E-state index contributed by atoms with van der Waals surface area (Å²) in [5.74, 6) is 6.24. The zero-order chi connectivity index (χ0) is 14.2. The first kappa shape index (κ1) is 14.4. The van der Waals surface area contributed by atoms with Crippen molar-refractivity contribution >= 4 is 11.8 Å². The van der Waals surface area contributed by atoms with Gasteiger partial charge in [-0.25, -0.2) is 9.78 Å². The zero-order valence-corrected chi connectivity index (χ0v) is 11.6. The first-order valence-corrected chi connectivity index (χ1v) is 7.00. The van der Waals surface area contributed by atoms with E-state index in [1.807, 2.05) is 4.90 Å². The van der Waals surface area contributed by atoms with Crippen molar-refractivity contribution in [2.24, 2.45) is 5.73 Å². The Morgan fingerprint density at radius 1 is 1.35 bits per heavy atom. The number of pyridine rings is 1. The Morgan fingerprint density at radius 2 is 2.10 bits per heavy atom. The fourth-order valence-electron chi connectivity index (χ4n) is 2.19. The molecule has 5 heteroatoms. The number of urea groups is 1. The van der Waals surface area contributed by atoms with Crippen LogP contribution in [-0.4, -0.2) is 35.5 Å². The molecule has 1 aromatic heterocycles. The molecule has 0 spiro atoms. The molecule has 0 saturated carbocycles. The second-order valence-corrected chi connectivity index (χ2v) is 4.77. The van der Waals surface area contributed by atoms with E-state index in [0.717, 1.165) is 31.5 Å². The fraction of sp³-hybridized carbons (Fsp3) is 0.467. The van der Waals surface area contributed by atoms with Crippen LogP contribution in [0.5, 0.6) is 0 Å². The molecule has 2 rings (SSSR count). The van der Waals surface area contributed by atoms with Crippen molar-refractivity contribution in [1.82, 2.24) is 9.88 Å². The SMILES string of the molecule is NCC#Cc1ccnc(NC(=O)N2CCCCCC2)c1. The fourth-order valence-corrected chi connectivity index (χ4v) is 2.19. The normalized spacial score (nSPS) is 14.9. The number of carbonyl (C=O) groups excluding carboxylic acids is 1. The predicted octanol–water partition coefficient (Wildman–Crippen LogP) is 1.80. The van der Waals surface area contributed by atoms with E-state index in [4.69, 9.17) is 5.73 Å². The minimum absolute atomic E-state index is 0.0802.